The maximum atomic E-state index is 12.0. The summed E-state index contributed by atoms with van der Waals surface area (Å²) in [6.07, 6.45) is 1.03. The molecular formula is C15H17N3O4S. The molecule has 0 radical (unpaired) electrons. The summed E-state index contributed by atoms with van der Waals surface area (Å²) in [5.41, 5.74) is 1.40. The van der Waals surface area contributed by atoms with Crippen LogP contribution in [0.1, 0.15) is 30.2 Å². The molecule has 2 rings (SSSR count). The van der Waals surface area contributed by atoms with Crippen LogP contribution in [0.25, 0.3) is 0 Å². The van der Waals surface area contributed by atoms with Gasteiger partial charge in [0.1, 0.15) is 0 Å². The van der Waals surface area contributed by atoms with E-state index in [9.17, 15) is 14.9 Å². The summed E-state index contributed by atoms with van der Waals surface area (Å²) in [5.74, 6) is 0.235. The van der Waals surface area contributed by atoms with Gasteiger partial charge in [0.05, 0.1) is 11.5 Å². The van der Waals surface area contributed by atoms with Crippen molar-refractivity contribution in [2.24, 2.45) is 0 Å². The molecule has 0 saturated heterocycles. The normalized spacial score (nSPS) is 10.5. The third-order valence-corrected chi connectivity index (χ3v) is 3.52. The molecule has 1 aromatic heterocycles. The topological polar surface area (TPSA) is 101 Å². The summed E-state index contributed by atoms with van der Waals surface area (Å²) >= 11 is 4.91. The number of ether oxygens (including phenoxy) is 1. The van der Waals surface area contributed by atoms with Crippen LogP contribution in [-0.4, -0.2) is 21.5 Å². The van der Waals surface area contributed by atoms with Crippen molar-refractivity contribution < 1.29 is 9.66 Å². The lowest BCUT2D eigenvalue weighted by molar-refractivity contribution is -0.385. The second-order valence-electron chi connectivity index (χ2n) is 5.10. The van der Waals surface area contributed by atoms with Gasteiger partial charge in [-0.2, -0.15) is 0 Å². The Kier molecular flexibility index (Phi) is 5.28. The number of nitro benzene ring substituents is 1. The predicted octanol–water partition coefficient (Wildman–Crippen LogP) is 3.03. The van der Waals surface area contributed by atoms with Crippen LogP contribution in [0.2, 0.25) is 0 Å². The second-order valence-corrected chi connectivity index (χ2v) is 5.50. The highest BCUT2D eigenvalue weighted by Crippen LogP contribution is 2.28. The quantitative estimate of drug-likeness (QED) is 0.480. The minimum atomic E-state index is -0.482. The number of aromatic amines is 2. The van der Waals surface area contributed by atoms with E-state index in [1.54, 1.807) is 19.1 Å². The second kappa shape index (κ2) is 7.19. The maximum Gasteiger partial charge on any atom is 0.311 e. The van der Waals surface area contributed by atoms with Gasteiger partial charge in [-0.25, -0.2) is 0 Å². The van der Waals surface area contributed by atoms with Crippen LogP contribution in [0, 0.1) is 21.8 Å². The number of nitro groups is 1. The van der Waals surface area contributed by atoms with Crippen molar-refractivity contribution in [2.45, 2.75) is 26.7 Å². The van der Waals surface area contributed by atoms with Gasteiger partial charge in [0.2, 0.25) is 0 Å². The average molecular weight is 335 g/mol. The molecule has 2 N–H and O–H groups in total. The van der Waals surface area contributed by atoms with Gasteiger partial charge in [0.25, 0.3) is 5.56 Å². The standard InChI is InChI=1S/C15H17N3O4S/c1-3-6-22-13-5-4-10(8-12(13)18(20)21)7-11-9(2)16-15(23)17-14(11)19/h4-5,8H,3,6-7H2,1-2H3,(H2,16,17,19,23). The summed E-state index contributed by atoms with van der Waals surface area (Å²) in [6.45, 7) is 4.08. The largest absolute Gasteiger partial charge is 0.487 e. The molecule has 0 unspecified atom stereocenters. The first-order chi connectivity index (χ1) is 10.9. The molecule has 0 aliphatic rings. The van der Waals surface area contributed by atoms with Crippen molar-refractivity contribution in [1.82, 2.24) is 9.97 Å². The molecule has 0 aliphatic carbocycles. The first-order valence-corrected chi connectivity index (χ1v) is 7.55. The summed E-state index contributed by atoms with van der Waals surface area (Å²) in [5, 5.41) is 11.2. The van der Waals surface area contributed by atoms with Crippen LogP contribution >= 0.6 is 12.2 Å². The molecule has 0 bridgehead atoms. The number of H-pyrrole nitrogens is 2. The Morgan fingerprint density at radius 2 is 2.09 bits per heavy atom. The predicted molar refractivity (Wildman–Crippen MR) is 88.7 cm³/mol. The van der Waals surface area contributed by atoms with Crippen molar-refractivity contribution in [3.05, 3.63) is 60.3 Å². The zero-order valence-corrected chi connectivity index (χ0v) is 13.7. The minimum Gasteiger partial charge on any atom is -0.487 e. The molecular weight excluding hydrogens is 318 g/mol. The van der Waals surface area contributed by atoms with E-state index in [1.807, 2.05) is 6.92 Å². The maximum absolute atomic E-state index is 12.0. The van der Waals surface area contributed by atoms with Crippen molar-refractivity contribution in [2.75, 3.05) is 6.61 Å². The smallest absolute Gasteiger partial charge is 0.311 e. The van der Waals surface area contributed by atoms with Gasteiger partial charge < -0.3 is 9.72 Å². The Labute approximate surface area is 137 Å². The number of aryl methyl sites for hydroxylation is 1. The molecule has 23 heavy (non-hydrogen) atoms. The fourth-order valence-electron chi connectivity index (χ4n) is 2.19. The van der Waals surface area contributed by atoms with Gasteiger partial charge in [-0.3, -0.25) is 19.9 Å². The van der Waals surface area contributed by atoms with E-state index in [0.29, 0.717) is 23.4 Å². The van der Waals surface area contributed by atoms with E-state index in [1.165, 1.54) is 6.07 Å². The summed E-state index contributed by atoms with van der Waals surface area (Å²) in [7, 11) is 0. The molecule has 0 saturated carbocycles. The monoisotopic (exact) mass is 335 g/mol. The lowest BCUT2D eigenvalue weighted by Crippen LogP contribution is -2.16. The van der Waals surface area contributed by atoms with E-state index in [0.717, 1.165) is 6.42 Å². The van der Waals surface area contributed by atoms with E-state index in [4.69, 9.17) is 17.0 Å². The lowest BCUT2D eigenvalue weighted by atomic mass is 10.0. The van der Waals surface area contributed by atoms with Crippen LogP contribution in [0.4, 0.5) is 5.69 Å². The molecule has 1 heterocycles. The summed E-state index contributed by atoms with van der Waals surface area (Å²) in [6, 6.07) is 4.72. The van der Waals surface area contributed by atoms with Gasteiger partial charge in [-0.1, -0.05) is 13.0 Å². The Hall–Kier alpha value is -2.48. The van der Waals surface area contributed by atoms with Crippen LogP contribution in [0.15, 0.2) is 23.0 Å². The molecule has 0 aliphatic heterocycles. The fraction of sp³-hybridized carbons (Fsp3) is 0.333. The van der Waals surface area contributed by atoms with E-state index in [-0.39, 0.29) is 28.2 Å². The molecule has 2 aromatic rings. The zero-order chi connectivity index (χ0) is 17.0. The number of rotatable bonds is 6. The molecule has 0 fully saturated rings. The van der Waals surface area contributed by atoms with Crippen LogP contribution < -0.4 is 10.3 Å². The van der Waals surface area contributed by atoms with Gasteiger partial charge >= 0.3 is 5.69 Å². The first kappa shape index (κ1) is 16.9. The number of benzene rings is 1. The molecule has 0 atom stereocenters. The van der Waals surface area contributed by atoms with Gasteiger partial charge in [0, 0.05) is 23.7 Å². The Balaban J connectivity index is 2.38. The van der Waals surface area contributed by atoms with Gasteiger partial charge in [-0.05, 0) is 37.2 Å². The van der Waals surface area contributed by atoms with Crippen molar-refractivity contribution >= 4 is 17.9 Å². The Morgan fingerprint density at radius 1 is 1.35 bits per heavy atom. The van der Waals surface area contributed by atoms with E-state index < -0.39 is 4.92 Å². The number of nitrogens with zero attached hydrogens (tertiary/aromatic N) is 1. The molecule has 0 spiro atoms. The zero-order valence-electron chi connectivity index (χ0n) is 12.8. The average Bonchev–Trinajstić information content (AvgIpc) is 2.49. The van der Waals surface area contributed by atoms with Crippen LogP contribution in [0.5, 0.6) is 5.75 Å². The number of nitrogens with one attached hydrogen (secondary N) is 2. The minimum absolute atomic E-state index is 0.103. The van der Waals surface area contributed by atoms with Crippen molar-refractivity contribution in [1.29, 1.82) is 0 Å². The number of aromatic nitrogens is 2. The molecule has 7 nitrogen and oxygen atoms in total. The van der Waals surface area contributed by atoms with Crippen LogP contribution in [0.3, 0.4) is 0 Å². The van der Waals surface area contributed by atoms with Crippen molar-refractivity contribution in [3.8, 4) is 5.75 Å². The molecule has 1 aromatic carbocycles. The summed E-state index contributed by atoms with van der Waals surface area (Å²) in [4.78, 5) is 28.1. The molecule has 8 heteroatoms. The van der Waals surface area contributed by atoms with E-state index >= 15 is 0 Å². The SMILES string of the molecule is CCCOc1ccc(Cc2c(C)[nH]c(=S)[nH]c2=O)cc1[N+](=O)[O-]. The Bertz CT molecular complexity index is 841. The number of hydrogen-bond donors (Lipinski definition) is 2. The van der Waals surface area contributed by atoms with E-state index in [2.05, 4.69) is 9.97 Å². The molecule has 0 amide bonds. The lowest BCUT2D eigenvalue weighted by Gasteiger charge is -2.08. The van der Waals surface area contributed by atoms with Gasteiger partial charge in [-0.15, -0.1) is 0 Å². The van der Waals surface area contributed by atoms with Crippen LogP contribution in [-0.2, 0) is 6.42 Å². The first-order valence-electron chi connectivity index (χ1n) is 7.14. The van der Waals surface area contributed by atoms with Gasteiger partial charge in [0.15, 0.2) is 10.5 Å². The van der Waals surface area contributed by atoms with Crippen molar-refractivity contribution in [3.63, 3.8) is 0 Å². The third kappa shape index (κ3) is 4.04. The Morgan fingerprint density at radius 3 is 2.70 bits per heavy atom. The summed E-state index contributed by atoms with van der Waals surface area (Å²) < 4.78 is 5.64. The highest BCUT2D eigenvalue weighted by atomic mass is 32.1. The highest BCUT2D eigenvalue weighted by Gasteiger charge is 2.17. The highest BCUT2D eigenvalue weighted by molar-refractivity contribution is 7.71. The fourth-order valence-corrected chi connectivity index (χ4v) is 2.44. The third-order valence-electron chi connectivity index (χ3n) is 3.32. The molecule has 122 valence electrons. The number of hydrogen-bond acceptors (Lipinski definition) is 5.